The zero-order valence-electron chi connectivity index (χ0n) is 13.8. The summed E-state index contributed by atoms with van der Waals surface area (Å²) in [4.78, 5) is 16.7. The molecule has 1 amide bonds. The average molecular weight is 320 g/mol. The summed E-state index contributed by atoms with van der Waals surface area (Å²) in [5.74, 6) is 0.0524. The molecule has 0 bridgehead atoms. The summed E-state index contributed by atoms with van der Waals surface area (Å²) in [5, 5.41) is 7.37. The number of pyridine rings is 1. The smallest absolute Gasteiger partial charge is 0.255 e. The van der Waals surface area contributed by atoms with Crippen molar-refractivity contribution in [2.24, 2.45) is 0 Å². The lowest BCUT2D eigenvalue weighted by Gasteiger charge is -2.13. The summed E-state index contributed by atoms with van der Waals surface area (Å²) in [6.45, 7) is 4.57. The van der Waals surface area contributed by atoms with E-state index in [1.807, 2.05) is 47.1 Å². The lowest BCUT2D eigenvalue weighted by atomic mass is 10.0. The molecule has 5 nitrogen and oxygen atoms in total. The number of hydrogen-bond acceptors (Lipinski definition) is 3. The molecule has 0 aliphatic heterocycles. The Bertz CT molecular complexity index is 810. The van der Waals surface area contributed by atoms with Crippen molar-refractivity contribution >= 4 is 5.91 Å². The summed E-state index contributed by atoms with van der Waals surface area (Å²) < 4.78 is 1.84. The van der Waals surface area contributed by atoms with Gasteiger partial charge in [-0.15, -0.1) is 0 Å². The van der Waals surface area contributed by atoms with Crippen LogP contribution in [-0.2, 0) is 6.54 Å². The molecule has 0 atom stereocenters. The molecule has 0 saturated heterocycles. The number of nitrogens with zero attached hydrogens (tertiary/aromatic N) is 3. The maximum absolute atomic E-state index is 12.6. The molecule has 1 aromatic carbocycles. The first kappa shape index (κ1) is 15.9. The Balaban J connectivity index is 1.85. The van der Waals surface area contributed by atoms with Crippen LogP contribution in [0.4, 0.5) is 0 Å². The molecule has 0 fully saturated rings. The number of rotatable bonds is 5. The Morgan fingerprint density at radius 3 is 2.58 bits per heavy atom. The van der Waals surface area contributed by atoms with E-state index < -0.39 is 0 Å². The van der Waals surface area contributed by atoms with Gasteiger partial charge in [0.15, 0.2) is 0 Å². The first-order chi connectivity index (χ1) is 11.7. The van der Waals surface area contributed by atoms with Crippen LogP contribution in [0.15, 0.2) is 61.1 Å². The van der Waals surface area contributed by atoms with Crippen LogP contribution in [0.1, 0.15) is 41.4 Å². The van der Waals surface area contributed by atoms with Gasteiger partial charge in [-0.2, -0.15) is 5.10 Å². The quantitative estimate of drug-likeness (QED) is 0.784. The van der Waals surface area contributed by atoms with Crippen molar-refractivity contribution < 1.29 is 4.79 Å². The lowest BCUT2D eigenvalue weighted by molar-refractivity contribution is 0.0949. The van der Waals surface area contributed by atoms with Gasteiger partial charge in [-0.3, -0.25) is 9.78 Å². The fourth-order valence-electron chi connectivity index (χ4n) is 2.64. The maximum Gasteiger partial charge on any atom is 0.255 e. The molecule has 122 valence electrons. The number of hydrogen-bond donors (Lipinski definition) is 1. The van der Waals surface area contributed by atoms with E-state index in [1.54, 1.807) is 18.6 Å². The number of nitrogens with one attached hydrogen (secondary N) is 1. The summed E-state index contributed by atoms with van der Waals surface area (Å²) in [7, 11) is 0. The Labute approximate surface area is 141 Å². The van der Waals surface area contributed by atoms with Crippen molar-refractivity contribution in [2.45, 2.75) is 26.3 Å². The number of amides is 1. The summed E-state index contributed by atoms with van der Waals surface area (Å²) in [5.41, 5.74) is 3.43. The Morgan fingerprint density at radius 1 is 1.12 bits per heavy atom. The van der Waals surface area contributed by atoms with Crippen LogP contribution in [0, 0.1) is 0 Å². The molecular weight excluding hydrogens is 300 g/mol. The molecule has 0 radical (unpaired) electrons. The van der Waals surface area contributed by atoms with Gasteiger partial charge < -0.3 is 5.32 Å². The molecule has 3 aromatic rings. The zero-order valence-corrected chi connectivity index (χ0v) is 13.8. The van der Waals surface area contributed by atoms with Crippen molar-refractivity contribution in [1.82, 2.24) is 20.1 Å². The molecule has 2 aromatic heterocycles. The summed E-state index contributed by atoms with van der Waals surface area (Å²) >= 11 is 0. The van der Waals surface area contributed by atoms with E-state index >= 15 is 0 Å². The van der Waals surface area contributed by atoms with Crippen molar-refractivity contribution in [2.75, 3.05) is 0 Å². The molecule has 1 N–H and O–H groups in total. The Hall–Kier alpha value is -2.95. The van der Waals surface area contributed by atoms with Gasteiger partial charge in [-0.25, -0.2) is 4.68 Å². The Kier molecular flexibility index (Phi) is 4.70. The largest absolute Gasteiger partial charge is 0.348 e. The number of aromatic nitrogens is 3. The first-order valence-electron chi connectivity index (χ1n) is 7.97. The molecule has 2 heterocycles. The topological polar surface area (TPSA) is 59.8 Å². The summed E-state index contributed by atoms with van der Waals surface area (Å²) in [6.07, 6.45) is 5.10. The SMILES string of the molecule is CC(C)c1c(C(=O)NCc2cccnc2)cnn1-c1ccccc1. The van der Waals surface area contributed by atoms with Crippen LogP contribution in [-0.4, -0.2) is 20.7 Å². The molecule has 24 heavy (non-hydrogen) atoms. The van der Waals surface area contributed by atoms with Crippen LogP contribution < -0.4 is 5.32 Å². The third kappa shape index (κ3) is 3.35. The van der Waals surface area contributed by atoms with Crippen LogP contribution in [0.2, 0.25) is 0 Å². The highest BCUT2D eigenvalue weighted by molar-refractivity contribution is 5.95. The van der Waals surface area contributed by atoms with Gasteiger partial charge in [-0.05, 0) is 29.7 Å². The number of benzene rings is 1. The zero-order chi connectivity index (χ0) is 16.9. The standard InChI is InChI=1S/C19H20N4O/c1-14(2)18-17(13-22-23(18)16-8-4-3-5-9-16)19(24)21-12-15-7-6-10-20-11-15/h3-11,13-14H,12H2,1-2H3,(H,21,24). The van der Waals surface area contributed by atoms with E-state index in [-0.39, 0.29) is 11.8 Å². The molecule has 3 rings (SSSR count). The highest BCUT2D eigenvalue weighted by Crippen LogP contribution is 2.23. The molecule has 0 spiro atoms. The van der Waals surface area contributed by atoms with E-state index in [1.165, 1.54) is 0 Å². The highest BCUT2D eigenvalue weighted by atomic mass is 16.1. The van der Waals surface area contributed by atoms with Crippen LogP contribution in [0.3, 0.4) is 0 Å². The molecule has 0 aliphatic carbocycles. The number of para-hydroxylation sites is 1. The van der Waals surface area contributed by atoms with E-state index in [9.17, 15) is 4.79 Å². The van der Waals surface area contributed by atoms with E-state index in [0.717, 1.165) is 16.9 Å². The molecule has 0 unspecified atom stereocenters. The minimum atomic E-state index is -0.121. The molecule has 5 heteroatoms. The number of carbonyl (C=O) groups excluding carboxylic acids is 1. The predicted molar refractivity (Wildman–Crippen MR) is 93.1 cm³/mol. The minimum Gasteiger partial charge on any atom is -0.348 e. The van der Waals surface area contributed by atoms with Crippen molar-refractivity contribution in [3.05, 3.63) is 77.9 Å². The fourth-order valence-corrected chi connectivity index (χ4v) is 2.64. The van der Waals surface area contributed by atoms with Gasteiger partial charge in [0.25, 0.3) is 5.91 Å². The van der Waals surface area contributed by atoms with Crippen molar-refractivity contribution in [3.63, 3.8) is 0 Å². The van der Waals surface area contributed by atoms with Gasteiger partial charge in [0.05, 0.1) is 23.1 Å². The number of carbonyl (C=O) groups is 1. The van der Waals surface area contributed by atoms with Gasteiger partial charge in [0.2, 0.25) is 0 Å². The summed E-state index contributed by atoms with van der Waals surface area (Å²) in [6, 6.07) is 13.6. The lowest BCUT2D eigenvalue weighted by Crippen LogP contribution is -2.24. The van der Waals surface area contributed by atoms with Crippen molar-refractivity contribution in [1.29, 1.82) is 0 Å². The third-order valence-electron chi connectivity index (χ3n) is 3.77. The van der Waals surface area contributed by atoms with Crippen LogP contribution >= 0.6 is 0 Å². The molecule has 0 saturated carbocycles. The maximum atomic E-state index is 12.6. The van der Waals surface area contributed by atoms with Gasteiger partial charge in [-0.1, -0.05) is 38.1 Å². The third-order valence-corrected chi connectivity index (χ3v) is 3.77. The van der Waals surface area contributed by atoms with E-state index in [2.05, 4.69) is 29.2 Å². The van der Waals surface area contributed by atoms with Crippen LogP contribution in [0.25, 0.3) is 5.69 Å². The minimum absolute atomic E-state index is 0.121. The van der Waals surface area contributed by atoms with E-state index in [0.29, 0.717) is 12.1 Å². The average Bonchev–Trinajstić information content (AvgIpc) is 3.07. The van der Waals surface area contributed by atoms with E-state index in [4.69, 9.17) is 0 Å². The molecular formula is C19H20N4O. The van der Waals surface area contributed by atoms with Gasteiger partial charge >= 0.3 is 0 Å². The molecule has 0 aliphatic rings. The van der Waals surface area contributed by atoms with Gasteiger partial charge in [0.1, 0.15) is 0 Å². The van der Waals surface area contributed by atoms with Crippen molar-refractivity contribution in [3.8, 4) is 5.69 Å². The second kappa shape index (κ2) is 7.08. The predicted octanol–water partition coefficient (Wildman–Crippen LogP) is 3.32. The fraction of sp³-hybridized carbons (Fsp3) is 0.211. The monoisotopic (exact) mass is 320 g/mol. The second-order valence-electron chi connectivity index (χ2n) is 5.89. The highest BCUT2D eigenvalue weighted by Gasteiger charge is 2.20. The van der Waals surface area contributed by atoms with Crippen LogP contribution in [0.5, 0.6) is 0 Å². The Morgan fingerprint density at radius 2 is 1.92 bits per heavy atom. The first-order valence-corrected chi connectivity index (χ1v) is 7.97. The van der Waals surface area contributed by atoms with Gasteiger partial charge in [0, 0.05) is 18.9 Å². The second-order valence-corrected chi connectivity index (χ2v) is 5.89. The normalized spacial score (nSPS) is 10.8.